The minimum Gasteiger partial charge on any atom is -0.399 e. The van der Waals surface area contributed by atoms with E-state index in [0.29, 0.717) is 0 Å². The average molecular weight is 294 g/mol. The summed E-state index contributed by atoms with van der Waals surface area (Å²) in [5, 5.41) is 0. The monoisotopic (exact) mass is 294 g/mol. The normalized spacial score (nSPS) is 20.2. The van der Waals surface area contributed by atoms with Crippen LogP contribution in [0.15, 0.2) is 18.2 Å². The van der Waals surface area contributed by atoms with Crippen LogP contribution in [0.25, 0.3) is 0 Å². The van der Waals surface area contributed by atoms with Gasteiger partial charge in [0.2, 0.25) is 0 Å². The highest BCUT2D eigenvalue weighted by molar-refractivity contribution is 7.99. The van der Waals surface area contributed by atoms with E-state index in [1.54, 1.807) is 11.9 Å². The van der Waals surface area contributed by atoms with Crippen LogP contribution in [0.5, 0.6) is 0 Å². The minimum atomic E-state index is -0.352. The molecule has 110 valence electrons. The Morgan fingerprint density at radius 1 is 1.15 bits per heavy atom. The molecule has 1 aromatic rings. The summed E-state index contributed by atoms with van der Waals surface area (Å²) in [6.45, 7) is 8.22. The van der Waals surface area contributed by atoms with Crippen molar-refractivity contribution in [3.8, 4) is 0 Å². The molecule has 1 fully saturated rings. The van der Waals surface area contributed by atoms with Gasteiger partial charge in [0, 0.05) is 13.3 Å². The predicted molar refractivity (Wildman–Crippen MR) is 88.5 cm³/mol. The zero-order chi connectivity index (χ0) is 15.1. The quantitative estimate of drug-likeness (QED) is 0.526. The summed E-state index contributed by atoms with van der Waals surface area (Å²) in [5.74, 6) is 0. The first-order valence-electron chi connectivity index (χ1n) is 6.71. The summed E-state index contributed by atoms with van der Waals surface area (Å²) in [7, 11) is 1.64. The smallest absolute Gasteiger partial charge is 0.399 e. The number of hydrogen-bond acceptors (Lipinski definition) is 5. The van der Waals surface area contributed by atoms with Crippen molar-refractivity contribution in [3.05, 3.63) is 18.2 Å². The van der Waals surface area contributed by atoms with Crippen molar-refractivity contribution < 1.29 is 9.31 Å². The van der Waals surface area contributed by atoms with Gasteiger partial charge in [-0.2, -0.15) is 0 Å². The molecule has 20 heavy (non-hydrogen) atoms. The average Bonchev–Trinajstić information content (AvgIpc) is 2.58. The molecule has 0 spiro atoms. The molecule has 1 aromatic carbocycles. The Labute approximate surface area is 126 Å². The molecule has 0 bridgehead atoms. The number of anilines is 2. The van der Waals surface area contributed by atoms with Gasteiger partial charge in [-0.05, 0) is 45.3 Å². The standard InChI is InChI=1S/C14H23BN2O2S/c1-13(2)14(3,4)19-15(18-13)10-7-8-11(16)12(9-10)17(5)20-6/h7-9H,16H2,1-6H3. The number of nitrogens with two attached hydrogens (primary N) is 1. The Morgan fingerprint density at radius 3 is 2.20 bits per heavy atom. The lowest BCUT2D eigenvalue weighted by Gasteiger charge is -2.32. The molecule has 4 nitrogen and oxygen atoms in total. The lowest BCUT2D eigenvalue weighted by Crippen LogP contribution is -2.41. The van der Waals surface area contributed by atoms with E-state index in [0.717, 1.165) is 16.8 Å². The molecule has 1 saturated heterocycles. The number of nitrogen functional groups attached to an aromatic ring is 1. The van der Waals surface area contributed by atoms with E-state index in [1.807, 2.05) is 35.8 Å². The van der Waals surface area contributed by atoms with E-state index >= 15 is 0 Å². The van der Waals surface area contributed by atoms with Crippen molar-refractivity contribution in [2.24, 2.45) is 0 Å². The van der Waals surface area contributed by atoms with E-state index in [4.69, 9.17) is 15.0 Å². The van der Waals surface area contributed by atoms with E-state index in [2.05, 4.69) is 27.7 Å². The molecule has 0 atom stereocenters. The SMILES string of the molecule is CSN(C)c1cc(B2OC(C)(C)C(C)(C)O2)ccc1N. The second kappa shape index (κ2) is 5.17. The zero-order valence-electron chi connectivity index (χ0n) is 13.1. The van der Waals surface area contributed by atoms with Crippen LogP contribution in [0.4, 0.5) is 11.4 Å². The van der Waals surface area contributed by atoms with Gasteiger partial charge in [0.25, 0.3) is 0 Å². The topological polar surface area (TPSA) is 47.7 Å². The number of nitrogens with zero attached hydrogens (tertiary/aromatic N) is 1. The van der Waals surface area contributed by atoms with Crippen LogP contribution >= 0.6 is 11.9 Å². The third kappa shape index (κ3) is 2.64. The highest BCUT2D eigenvalue weighted by atomic mass is 32.2. The first-order valence-corrected chi connectivity index (χ1v) is 7.89. The fraction of sp³-hybridized carbons (Fsp3) is 0.571. The van der Waals surface area contributed by atoms with Gasteiger partial charge in [-0.15, -0.1) is 0 Å². The third-order valence-corrected chi connectivity index (χ3v) is 4.94. The van der Waals surface area contributed by atoms with Gasteiger partial charge in [-0.3, -0.25) is 0 Å². The van der Waals surface area contributed by atoms with E-state index < -0.39 is 0 Å². The molecule has 2 rings (SSSR count). The van der Waals surface area contributed by atoms with Gasteiger partial charge >= 0.3 is 7.12 Å². The summed E-state index contributed by atoms with van der Waals surface area (Å²) in [6, 6.07) is 5.91. The molecule has 0 amide bonds. The molecule has 0 aliphatic carbocycles. The number of benzene rings is 1. The molecular formula is C14H23BN2O2S. The van der Waals surface area contributed by atoms with Gasteiger partial charge in [0.05, 0.1) is 22.6 Å². The lowest BCUT2D eigenvalue weighted by molar-refractivity contribution is 0.00578. The molecule has 0 aromatic heterocycles. The zero-order valence-corrected chi connectivity index (χ0v) is 13.9. The number of rotatable bonds is 3. The van der Waals surface area contributed by atoms with E-state index in [1.165, 1.54) is 0 Å². The Morgan fingerprint density at radius 2 is 1.70 bits per heavy atom. The van der Waals surface area contributed by atoms with Crippen LogP contribution in [0, 0.1) is 0 Å². The molecule has 0 saturated carbocycles. The maximum absolute atomic E-state index is 6.07. The van der Waals surface area contributed by atoms with Crippen molar-refractivity contribution in [2.45, 2.75) is 38.9 Å². The maximum atomic E-state index is 6.07. The maximum Gasteiger partial charge on any atom is 0.494 e. The van der Waals surface area contributed by atoms with E-state index in [-0.39, 0.29) is 18.3 Å². The Balaban J connectivity index is 2.32. The Hall–Kier alpha value is -0.845. The van der Waals surface area contributed by atoms with Crippen molar-refractivity contribution in [1.29, 1.82) is 0 Å². The molecule has 1 heterocycles. The van der Waals surface area contributed by atoms with Crippen molar-refractivity contribution >= 4 is 35.9 Å². The highest BCUT2D eigenvalue weighted by Gasteiger charge is 2.51. The fourth-order valence-electron chi connectivity index (χ4n) is 2.06. The van der Waals surface area contributed by atoms with Crippen LogP contribution in [0.1, 0.15) is 27.7 Å². The van der Waals surface area contributed by atoms with Gasteiger partial charge in [0.15, 0.2) is 0 Å². The molecular weight excluding hydrogens is 271 g/mol. The fourth-order valence-corrected chi connectivity index (χ4v) is 2.41. The molecule has 1 aliphatic heterocycles. The summed E-state index contributed by atoms with van der Waals surface area (Å²) in [5.41, 5.74) is 8.10. The summed E-state index contributed by atoms with van der Waals surface area (Å²) in [4.78, 5) is 0. The van der Waals surface area contributed by atoms with Gasteiger partial charge in [-0.25, -0.2) is 0 Å². The van der Waals surface area contributed by atoms with Gasteiger partial charge < -0.3 is 19.3 Å². The highest BCUT2D eigenvalue weighted by Crippen LogP contribution is 2.37. The second-order valence-electron chi connectivity index (χ2n) is 6.09. The largest absolute Gasteiger partial charge is 0.494 e. The van der Waals surface area contributed by atoms with Gasteiger partial charge in [0.1, 0.15) is 0 Å². The first-order chi connectivity index (χ1) is 9.18. The Bertz CT molecular complexity index is 492. The van der Waals surface area contributed by atoms with Crippen LogP contribution in [0.3, 0.4) is 0 Å². The summed E-state index contributed by atoms with van der Waals surface area (Å²) in [6.07, 6.45) is 2.01. The van der Waals surface area contributed by atoms with Crippen LogP contribution in [0.2, 0.25) is 0 Å². The van der Waals surface area contributed by atoms with Crippen molar-refractivity contribution in [3.63, 3.8) is 0 Å². The summed E-state index contributed by atoms with van der Waals surface area (Å²) < 4.78 is 14.2. The molecule has 0 unspecified atom stereocenters. The minimum absolute atomic E-state index is 0.329. The Kier molecular flexibility index (Phi) is 4.02. The van der Waals surface area contributed by atoms with Crippen LogP contribution in [-0.4, -0.2) is 31.6 Å². The first kappa shape index (κ1) is 15.5. The molecule has 1 aliphatic rings. The predicted octanol–water partition coefficient (Wildman–Crippen LogP) is 2.28. The van der Waals surface area contributed by atoms with Crippen molar-refractivity contribution in [1.82, 2.24) is 0 Å². The molecule has 6 heteroatoms. The summed E-state index contributed by atoms with van der Waals surface area (Å²) >= 11 is 1.61. The van der Waals surface area contributed by atoms with Crippen LogP contribution < -0.4 is 15.5 Å². The van der Waals surface area contributed by atoms with Gasteiger partial charge in [-0.1, -0.05) is 18.0 Å². The lowest BCUT2D eigenvalue weighted by atomic mass is 9.79. The van der Waals surface area contributed by atoms with Crippen molar-refractivity contribution in [2.75, 3.05) is 23.3 Å². The molecule has 2 N–H and O–H groups in total. The second-order valence-corrected chi connectivity index (χ2v) is 7.00. The molecule has 0 radical (unpaired) electrons. The third-order valence-electron chi connectivity index (χ3n) is 4.19. The number of hydrogen-bond donors (Lipinski definition) is 1. The van der Waals surface area contributed by atoms with E-state index in [9.17, 15) is 0 Å². The van der Waals surface area contributed by atoms with Crippen LogP contribution in [-0.2, 0) is 9.31 Å².